The second-order valence-electron chi connectivity index (χ2n) is 5.33. The molecule has 1 unspecified atom stereocenters. The molecule has 21 heavy (non-hydrogen) atoms. The van der Waals surface area contributed by atoms with E-state index in [9.17, 15) is 4.79 Å². The maximum atomic E-state index is 11.8. The minimum Gasteiger partial charge on any atom is -0.376 e. The smallest absolute Gasteiger partial charge is 0.239 e. The van der Waals surface area contributed by atoms with Crippen molar-refractivity contribution in [1.29, 1.82) is 0 Å². The molecule has 4 nitrogen and oxygen atoms in total. The lowest BCUT2D eigenvalue weighted by molar-refractivity contribution is -0.120. The van der Waals surface area contributed by atoms with E-state index < -0.39 is 0 Å². The fourth-order valence-corrected chi connectivity index (χ4v) is 2.39. The first kappa shape index (κ1) is 17.3. The molecule has 1 amide bonds. The van der Waals surface area contributed by atoms with Gasteiger partial charge in [0, 0.05) is 30.5 Å². The van der Waals surface area contributed by atoms with E-state index in [4.69, 9.17) is 0 Å². The maximum Gasteiger partial charge on any atom is 0.239 e. The largest absolute Gasteiger partial charge is 0.376 e. The number of nitrogens with one attached hydrogen (secondary N) is 2. The van der Waals surface area contributed by atoms with E-state index in [1.165, 1.54) is 5.69 Å². The standard InChI is InChI=1S/C17H29N3O/c1-5-8-14(4)19-17(21)13-18-15-9-11-16(12-10-15)20(6-2)7-3/h9-12,14,18H,5-8,13H2,1-4H3,(H,19,21). The Balaban J connectivity index is 2.44. The van der Waals surface area contributed by atoms with E-state index in [1.54, 1.807) is 0 Å². The molecule has 1 rings (SSSR count). The third-order valence-corrected chi connectivity index (χ3v) is 3.58. The molecule has 0 heterocycles. The van der Waals surface area contributed by atoms with Crippen LogP contribution in [0.5, 0.6) is 0 Å². The van der Waals surface area contributed by atoms with Crippen LogP contribution in [-0.4, -0.2) is 31.6 Å². The molecule has 0 aliphatic carbocycles. The minimum absolute atomic E-state index is 0.0452. The normalized spacial score (nSPS) is 11.8. The van der Waals surface area contributed by atoms with Crippen molar-refractivity contribution < 1.29 is 4.79 Å². The van der Waals surface area contributed by atoms with Crippen LogP contribution in [0.25, 0.3) is 0 Å². The van der Waals surface area contributed by atoms with Gasteiger partial charge in [-0.1, -0.05) is 13.3 Å². The lowest BCUT2D eigenvalue weighted by Crippen LogP contribution is -2.36. The van der Waals surface area contributed by atoms with Gasteiger partial charge in [0.15, 0.2) is 0 Å². The van der Waals surface area contributed by atoms with Crippen LogP contribution in [-0.2, 0) is 4.79 Å². The minimum atomic E-state index is 0.0452. The zero-order valence-corrected chi connectivity index (χ0v) is 13.8. The quantitative estimate of drug-likeness (QED) is 0.734. The average Bonchev–Trinajstić information content (AvgIpc) is 2.48. The Morgan fingerprint density at radius 3 is 2.29 bits per heavy atom. The van der Waals surface area contributed by atoms with Crippen molar-refractivity contribution in [3.8, 4) is 0 Å². The van der Waals surface area contributed by atoms with Crippen LogP contribution in [0.3, 0.4) is 0 Å². The lowest BCUT2D eigenvalue weighted by atomic mass is 10.2. The van der Waals surface area contributed by atoms with Gasteiger partial charge < -0.3 is 15.5 Å². The summed E-state index contributed by atoms with van der Waals surface area (Å²) in [7, 11) is 0. The fourth-order valence-electron chi connectivity index (χ4n) is 2.39. The van der Waals surface area contributed by atoms with Crippen LogP contribution in [0.2, 0.25) is 0 Å². The Morgan fingerprint density at radius 2 is 1.76 bits per heavy atom. The van der Waals surface area contributed by atoms with Crippen molar-refractivity contribution in [3.63, 3.8) is 0 Å². The number of benzene rings is 1. The Labute approximate surface area is 128 Å². The van der Waals surface area contributed by atoms with Crippen LogP contribution in [0.1, 0.15) is 40.5 Å². The van der Waals surface area contributed by atoms with Crippen molar-refractivity contribution in [2.45, 2.75) is 46.6 Å². The summed E-state index contributed by atoms with van der Waals surface area (Å²) in [4.78, 5) is 14.1. The Morgan fingerprint density at radius 1 is 1.14 bits per heavy atom. The first-order valence-corrected chi connectivity index (χ1v) is 7.98. The van der Waals surface area contributed by atoms with Crippen molar-refractivity contribution in [2.24, 2.45) is 0 Å². The summed E-state index contributed by atoms with van der Waals surface area (Å²) < 4.78 is 0. The molecule has 2 N–H and O–H groups in total. The molecule has 0 fully saturated rings. The van der Waals surface area contributed by atoms with E-state index in [1.807, 2.05) is 19.1 Å². The predicted molar refractivity (Wildman–Crippen MR) is 91.0 cm³/mol. The molecule has 118 valence electrons. The second-order valence-corrected chi connectivity index (χ2v) is 5.33. The molecule has 0 aromatic heterocycles. The highest BCUT2D eigenvalue weighted by atomic mass is 16.1. The van der Waals surface area contributed by atoms with Gasteiger partial charge in [0.25, 0.3) is 0 Å². The molecule has 0 spiro atoms. The van der Waals surface area contributed by atoms with E-state index >= 15 is 0 Å². The predicted octanol–water partition coefficient (Wildman–Crippen LogP) is 3.25. The number of anilines is 2. The van der Waals surface area contributed by atoms with Crippen LogP contribution in [0, 0.1) is 0 Å². The van der Waals surface area contributed by atoms with Gasteiger partial charge >= 0.3 is 0 Å². The summed E-state index contributed by atoms with van der Waals surface area (Å²) in [6.45, 7) is 10.8. The van der Waals surface area contributed by atoms with E-state index in [2.05, 4.69) is 48.4 Å². The molecular formula is C17H29N3O. The van der Waals surface area contributed by atoms with Gasteiger partial charge in [-0.3, -0.25) is 4.79 Å². The van der Waals surface area contributed by atoms with Gasteiger partial charge in [-0.15, -0.1) is 0 Å². The summed E-state index contributed by atoms with van der Waals surface area (Å²) in [5.74, 6) is 0.0452. The molecule has 0 aliphatic heterocycles. The zero-order chi connectivity index (χ0) is 15.7. The zero-order valence-electron chi connectivity index (χ0n) is 13.8. The second kappa shape index (κ2) is 9.27. The highest BCUT2D eigenvalue weighted by Gasteiger charge is 2.06. The number of hydrogen-bond donors (Lipinski definition) is 2. The van der Waals surface area contributed by atoms with E-state index in [0.717, 1.165) is 31.6 Å². The van der Waals surface area contributed by atoms with Crippen LogP contribution < -0.4 is 15.5 Å². The van der Waals surface area contributed by atoms with E-state index in [0.29, 0.717) is 6.54 Å². The van der Waals surface area contributed by atoms with Crippen LogP contribution in [0.4, 0.5) is 11.4 Å². The van der Waals surface area contributed by atoms with Gasteiger partial charge in [0.1, 0.15) is 0 Å². The van der Waals surface area contributed by atoms with Crippen LogP contribution in [0.15, 0.2) is 24.3 Å². The average molecular weight is 291 g/mol. The van der Waals surface area contributed by atoms with Gasteiger partial charge in [0.05, 0.1) is 6.54 Å². The number of carbonyl (C=O) groups excluding carboxylic acids is 1. The first-order valence-electron chi connectivity index (χ1n) is 7.98. The number of nitrogens with zero attached hydrogens (tertiary/aromatic N) is 1. The molecule has 0 radical (unpaired) electrons. The molecule has 0 aliphatic rings. The summed E-state index contributed by atoms with van der Waals surface area (Å²) >= 11 is 0. The van der Waals surface area contributed by atoms with Crippen molar-refractivity contribution in [3.05, 3.63) is 24.3 Å². The summed E-state index contributed by atoms with van der Waals surface area (Å²) in [5.41, 5.74) is 2.19. The molecular weight excluding hydrogens is 262 g/mol. The molecule has 0 saturated heterocycles. The fraction of sp³-hybridized carbons (Fsp3) is 0.588. The highest BCUT2D eigenvalue weighted by Crippen LogP contribution is 2.17. The monoisotopic (exact) mass is 291 g/mol. The molecule has 0 saturated carbocycles. The molecule has 0 bridgehead atoms. The molecule has 1 aromatic carbocycles. The van der Waals surface area contributed by atoms with Gasteiger partial charge in [-0.05, 0) is 51.5 Å². The van der Waals surface area contributed by atoms with E-state index in [-0.39, 0.29) is 11.9 Å². The van der Waals surface area contributed by atoms with Crippen molar-refractivity contribution in [1.82, 2.24) is 5.32 Å². The van der Waals surface area contributed by atoms with Gasteiger partial charge in [-0.2, -0.15) is 0 Å². The molecule has 4 heteroatoms. The third kappa shape index (κ3) is 6.06. The Bertz CT molecular complexity index is 413. The maximum absolute atomic E-state index is 11.8. The third-order valence-electron chi connectivity index (χ3n) is 3.58. The SMILES string of the molecule is CCCC(C)NC(=O)CNc1ccc(N(CC)CC)cc1. The topological polar surface area (TPSA) is 44.4 Å². The summed E-state index contributed by atoms with van der Waals surface area (Å²) in [5, 5.41) is 6.15. The lowest BCUT2D eigenvalue weighted by Gasteiger charge is -2.21. The number of rotatable bonds is 9. The summed E-state index contributed by atoms with van der Waals surface area (Å²) in [6.07, 6.45) is 2.10. The Hall–Kier alpha value is -1.71. The van der Waals surface area contributed by atoms with Crippen molar-refractivity contribution >= 4 is 17.3 Å². The highest BCUT2D eigenvalue weighted by molar-refractivity contribution is 5.81. The van der Waals surface area contributed by atoms with Crippen LogP contribution >= 0.6 is 0 Å². The Kier molecular flexibility index (Phi) is 7.65. The van der Waals surface area contributed by atoms with Gasteiger partial charge in [0.2, 0.25) is 5.91 Å². The first-order chi connectivity index (χ1) is 10.1. The number of hydrogen-bond acceptors (Lipinski definition) is 3. The molecule has 1 aromatic rings. The number of amides is 1. The van der Waals surface area contributed by atoms with Gasteiger partial charge in [-0.25, -0.2) is 0 Å². The van der Waals surface area contributed by atoms with Crippen molar-refractivity contribution in [2.75, 3.05) is 29.9 Å². The summed E-state index contributed by atoms with van der Waals surface area (Å²) in [6, 6.07) is 8.47. The number of carbonyl (C=O) groups is 1. The molecule has 1 atom stereocenters.